The number of ether oxygens (including phenoxy) is 1. The van der Waals surface area contributed by atoms with E-state index in [9.17, 15) is 0 Å². The van der Waals surface area contributed by atoms with E-state index in [4.69, 9.17) is 21.3 Å². The Morgan fingerprint density at radius 2 is 2.14 bits per heavy atom. The number of pyridine rings is 1. The molecule has 0 spiro atoms. The normalized spacial score (nSPS) is 17.7. The van der Waals surface area contributed by atoms with Crippen molar-refractivity contribution >= 4 is 34.3 Å². The van der Waals surface area contributed by atoms with Crippen LogP contribution in [0.1, 0.15) is 30.5 Å². The van der Waals surface area contributed by atoms with Gasteiger partial charge in [-0.1, -0.05) is 25.4 Å². The van der Waals surface area contributed by atoms with Crippen molar-refractivity contribution in [1.82, 2.24) is 10.3 Å². The largest absolute Gasteiger partial charge is 0.496 e. The molecule has 3 nitrogen and oxygen atoms in total. The third-order valence-corrected chi connectivity index (χ3v) is 5.23. The first-order chi connectivity index (χ1) is 10.5. The molecule has 0 saturated carbocycles. The molecule has 0 aliphatic carbocycles. The van der Waals surface area contributed by atoms with Crippen molar-refractivity contribution < 1.29 is 4.74 Å². The van der Waals surface area contributed by atoms with Gasteiger partial charge >= 0.3 is 0 Å². The van der Waals surface area contributed by atoms with Crippen LogP contribution >= 0.6 is 23.4 Å². The molecule has 1 N–H and O–H groups in total. The van der Waals surface area contributed by atoms with Gasteiger partial charge in [0.15, 0.2) is 0 Å². The van der Waals surface area contributed by atoms with Crippen LogP contribution in [0.2, 0.25) is 5.02 Å². The first kappa shape index (κ1) is 15.5. The van der Waals surface area contributed by atoms with E-state index in [1.165, 1.54) is 5.70 Å². The van der Waals surface area contributed by atoms with Crippen LogP contribution in [0.15, 0.2) is 29.3 Å². The van der Waals surface area contributed by atoms with E-state index < -0.39 is 0 Å². The zero-order valence-corrected chi connectivity index (χ0v) is 14.7. The first-order valence-electron chi connectivity index (χ1n) is 7.27. The molecule has 0 fully saturated rings. The number of methoxy groups -OCH3 is 1. The van der Waals surface area contributed by atoms with Crippen molar-refractivity contribution in [3.63, 3.8) is 0 Å². The Labute approximate surface area is 140 Å². The fourth-order valence-corrected chi connectivity index (χ4v) is 3.90. The van der Waals surface area contributed by atoms with E-state index in [1.54, 1.807) is 18.9 Å². The van der Waals surface area contributed by atoms with E-state index in [1.807, 2.05) is 25.1 Å². The number of rotatable bonds is 3. The molecule has 1 aromatic carbocycles. The van der Waals surface area contributed by atoms with Crippen LogP contribution in [0.5, 0.6) is 5.75 Å². The van der Waals surface area contributed by atoms with Gasteiger partial charge in [-0.05, 0) is 36.4 Å². The summed E-state index contributed by atoms with van der Waals surface area (Å²) in [5.41, 5.74) is 4.12. The van der Waals surface area contributed by atoms with E-state index in [2.05, 4.69) is 24.6 Å². The Kier molecular flexibility index (Phi) is 4.24. The Bertz CT molecular complexity index is 758. The lowest BCUT2D eigenvalue weighted by Gasteiger charge is -2.16. The smallest absolute Gasteiger partial charge is 0.123 e. The van der Waals surface area contributed by atoms with Crippen molar-refractivity contribution in [3.8, 4) is 5.75 Å². The number of allylic oxidation sites excluding steroid dienone is 1. The van der Waals surface area contributed by atoms with E-state index in [0.717, 1.165) is 32.9 Å². The zero-order chi connectivity index (χ0) is 15.9. The number of aryl methyl sites for hydroxylation is 1. The minimum Gasteiger partial charge on any atom is -0.496 e. The second-order valence-corrected chi connectivity index (χ2v) is 7.09. The molecular formula is C17H19ClN2OS. The number of halogens is 1. The number of aromatic nitrogens is 1. The molecule has 2 heterocycles. The van der Waals surface area contributed by atoms with Crippen molar-refractivity contribution in [3.05, 3.63) is 45.6 Å². The number of nitrogens with one attached hydrogen (secondary N) is 1. The van der Waals surface area contributed by atoms with Gasteiger partial charge in [-0.3, -0.25) is 0 Å². The Morgan fingerprint density at radius 1 is 1.36 bits per heavy atom. The predicted molar refractivity (Wildman–Crippen MR) is 94.4 cm³/mol. The van der Waals surface area contributed by atoms with E-state index in [0.29, 0.717) is 5.92 Å². The molecule has 1 aromatic heterocycles. The third-order valence-electron chi connectivity index (χ3n) is 3.89. The highest BCUT2D eigenvalue weighted by molar-refractivity contribution is 8.02. The Hall–Kier alpha value is -1.39. The summed E-state index contributed by atoms with van der Waals surface area (Å²) in [4.78, 5) is 4.84. The SMILES string of the molecule is COc1ccc2c(Cl)cc(C3NC(C(C)C)=CS3)nc2c1C. The fourth-order valence-electron chi connectivity index (χ4n) is 2.55. The predicted octanol–water partition coefficient (Wildman–Crippen LogP) is 5.04. The molecule has 1 atom stereocenters. The molecule has 0 amide bonds. The molecular weight excluding hydrogens is 316 g/mol. The van der Waals surface area contributed by atoms with Gasteiger partial charge in [-0.2, -0.15) is 0 Å². The molecule has 0 bridgehead atoms. The number of nitrogens with zero attached hydrogens (tertiary/aromatic N) is 1. The molecule has 1 unspecified atom stereocenters. The molecule has 116 valence electrons. The number of fused-ring (bicyclic) bond motifs is 1. The topological polar surface area (TPSA) is 34.1 Å². The highest BCUT2D eigenvalue weighted by atomic mass is 35.5. The second kappa shape index (κ2) is 6.01. The monoisotopic (exact) mass is 334 g/mol. The summed E-state index contributed by atoms with van der Waals surface area (Å²) in [5, 5.41) is 7.50. The summed E-state index contributed by atoms with van der Waals surface area (Å²) in [6, 6.07) is 5.86. The standard InChI is InChI=1S/C17H19ClN2OS/c1-9(2)14-8-22-17(20-14)13-7-12(18)11-5-6-15(21-4)10(3)16(11)19-13/h5-9,17,20H,1-4H3. The minimum atomic E-state index is 0.116. The maximum absolute atomic E-state index is 6.47. The van der Waals surface area contributed by atoms with Crippen LogP contribution in [-0.4, -0.2) is 12.1 Å². The molecule has 3 rings (SSSR count). The number of thioether (sulfide) groups is 1. The van der Waals surface area contributed by atoms with Crippen LogP contribution in [0.4, 0.5) is 0 Å². The van der Waals surface area contributed by atoms with Crippen molar-refractivity contribution in [2.45, 2.75) is 26.1 Å². The lowest BCUT2D eigenvalue weighted by Crippen LogP contribution is -2.17. The molecule has 1 aliphatic heterocycles. The second-order valence-electron chi connectivity index (χ2n) is 5.71. The summed E-state index contributed by atoms with van der Waals surface area (Å²) in [5.74, 6) is 1.32. The molecule has 1 aliphatic rings. The zero-order valence-electron chi connectivity index (χ0n) is 13.1. The number of hydrogen-bond acceptors (Lipinski definition) is 4. The van der Waals surface area contributed by atoms with Crippen LogP contribution in [0, 0.1) is 12.8 Å². The Morgan fingerprint density at radius 3 is 2.77 bits per heavy atom. The Balaban J connectivity index is 2.04. The van der Waals surface area contributed by atoms with Gasteiger partial charge < -0.3 is 10.1 Å². The molecule has 0 saturated heterocycles. The molecule has 0 radical (unpaired) electrons. The molecule has 2 aromatic rings. The lowest BCUT2D eigenvalue weighted by molar-refractivity contribution is 0.412. The van der Waals surface area contributed by atoms with Gasteiger partial charge in [0.25, 0.3) is 0 Å². The van der Waals surface area contributed by atoms with Crippen LogP contribution in [0.3, 0.4) is 0 Å². The van der Waals surface area contributed by atoms with Crippen LogP contribution in [-0.2, 0) is 0 Å². The molecule has 5 heteroatoms. The van der Waals surface area contributed by atoms with Crippen molar-refractivity contribution in [2.75, 3.05) is 7.11 Å². The summed E-state index contributed by atoms with van der Waals surface area (Å²) in [6.45, 7) is 6.37. The average Bonchev–Trinajstić information content (AvgIpc) is 2.98. The number of benzene rings is 1. The minimum absolute atomic E-state index is 0.116. The fraction of sp³-hybridized carbons (Fsp3) is 0.353. The maximum Gasteiger partial charge on any atom is 0.123 e. The van der Waals surface area contributed by atoms with Gasteiger partial charge in [-0.25, -0.2) is 4.98 Å². The first-order valence-corrected chi connectivity index (χ1v) is 8.59. The van der Waals surface area contributed by atoms with Gasteiger partial charge in [0, 0.05) is 16.6 Å². The third kappa shape index (κ3) is 2.66. The van der Waals surface area contributed by atoms with Gasteiger partial charge in [0.2, 0.25) is 0 Å². The van der Waals surface area contributed by atoms with Crippen LogP contribution in [0.25, 0.3) is 10.9 Å². The maximum atomic E-state index is 6.47. The van der Waals surface area contributed by atoms with Gasteiger partial charge in [0.1, 0.15) is 11.1 Å². The summed E-state index contributed by atoms with van der Waals surface area (Å²) >= 11 is 8.21. The van der Waals surface area contributed by atoms with Gasteiger partial charge in [0.05, 0.1) is 23.3 Å². The average molecular weight is 335 g/mol. The highest BCUT2D eigenvalue weighted by Crippen LogP contribution is 2.38. The summed E-state index contributed by atoms with van der Waals surface area (Å²) in [6.07, 6.45) is 0. The van der Waals surface area contributed by atoms with Crippen molar-refractivity contribution in [1.29, 1.82) is 0 Å². The quantitative estimate of drug-likeness (QED) is 0.852. The number of hydrogen-bond donors (Lipinski definition) is 1. The van der Waals surface area contributed by atoms with E-state index in [-0.39, 0.29) is 5.37 Å². The highest BCUT2D eigenvalue weighted by Gasteiger charge is 2.23. The van der Waals surface area contributed by atoms with Crippen molar-refractivity contribution in [2.24, 2.45) is 5.92 Å². The van der Waals surface area contributed by atoms with Gasteiger partial charge in [-0.15, -0.1) is 11.8 Å². The molecule has 22 heavy (non-hydrogen) atoms. The summed E-state index contributed by atoms with van der Waals surface area (Å²) in [7, 11) is 1.67. The summed E-state index contributed by atoms with van der Waals surface area (Å²) < 4.78 is 5.39. The van der Waals surface area contributed by atoms with Crippen LogP contribution < -0.4 is 10.1 Å². The lowest BCUT2D eigenvalue weighted by atomic mass is 10.1. The van der Waals surface area contributed by atoms with E-state index >= 15 is 0 Å².